The Labute approximate surface area is 148 Å². The number of phenols is 1. The highest BCUT2D eigenvalue weighted by Gasteiger charge is 2.23. The number of benzene rings is 2. The van der Waals surface area contributed by atoms with Crippen LogP contribution in [0.5, 0.6) is 11.5 Å². The average Bonchev–Trinajstić information content (AvgIpc) is 2.63. The van der Waals surface area contributed by atoms with E-state index < -0.39 is 0 Å². The predicted molar refractivity (Wildman–Crippen MR) is 97.7 cm³/mol. The molecule has 5 nitrogen and oxygen atoms in total. The zero-order valence-corrected chi connectivity index (χ0v) is 14.8. The molecule has 2 aromatic carbocycles. The van der Waals surface area contributed by atoms with Crippen molar-refractivity contribution in [2.24, 2.45) is 0 Å². The number of quaternary nitrogens is 1. The van der Waals surface area contributed by atoms with Crippen molar-refractivity contribution in [1.29, 1.82) is 0 Å². The maximum absolute atomic E-state index is 11.6. The summed E-state index contributed by atoms with van der Waals surface area (Å²) in [6.45, 7) is 6.15. The molecule has 0 bridgehead atoms. The monoisotopic (exact) mass is 341 g/mol. The van der Waals surface area contributed by atoms with Gasteiger partial charge < -0.3 is 19.6 Å². The molecule has 0 radical (unpaired) electrons. The fourth-order valence-electron chi connectivity index (χ4n) is 3.38. The molecule has 1 fully saturated rings. The number of methoxy groups -OCH3 is 1. The molecule has 5 heteroatoms. The third-order valence-electron chi connectivity index (χ3n) is 4.82. The van der Waals surface area contributed by atoms with Crippen LogP contribution in [0.4, 0.5) is 5.69 Å². The number of carbonyl (C=O) groups is 1. The molecule has 1 saturated heterocycles. The second-order valence-electron chi connectivity index (χ2n) is 6.49. The van der Waals surface area contributed by atoms with Crippen molar-refractivity contribution < 1.29 is 19.5 Å². The number of rotatable bonds is 5. The van der Waals surface area contributed by atoms with Gasteiger partial charge in [-0.3, -0.25) is 4.79 Å². The molecule has 2 N–H and O–H groups in total. The minimum absolute atomic E-state index is 0.0725. The van der Waals surface area contributed by atoms with Crippen molar-refractivity contribution in [2.75, 3.05) is 38.2 Å². The molecule has 0 amide bonds. The lowest BCUT2D eigenvalue weighted by Gasteiger charge is -2.34. The van der Waals surface area contributed by atoms with Crippen molar-refractivity contribution in [3.8, 4) is 11.5 Å². The third kappa shape index (κ3) is 3.94. The number of hydrogen-bond donors (Lipinski definition) is 2. The number of ether oxygens (including phenoxy) is 1. The van der Waals surface area contributed by atoms with Crippen molar-refractivity contribution in [2.45, 2.75) is 13.5 Å². The van der Waals surface area contributed by atoms with E-state index in [1.54, 1.807) is 20.1 Å². The van der Waals surface area contributed by atoms with E-state index in [1.165, 1.54) is 4.90 Å². The normalized spacial score (nSPS) is 15.2. The van der Waals surface area contributed by atoms with Gasteiger partial charge in [-0.05, 0) is 37.3 Å². The zero-order chi connectivity index (χ0) is 17.8. The van der Waals surface area contributed by atoms with E-state index in [-0.39, 0.29) is 5.78 Å². The first-order chi connectivity index (χ1) is 12.1. The van der Waals surface area contributed by atoms with Crippen LogP contribution >= 0.6 is 0 Å². The molecule has 0 aliphatic carbocycles. The molecule has 2 aromatic rings. The van der Waals surface area contributed by atoms with Crippen LogP contribution in [-0.2, 0) is 6.54 Å². The molecule has 0 spiro atoms. The van der Waals surface area contributed by atoms with Gasteiger partial charge in [-0.25, -0.2) is 0 Å². The van der Waals surface area contributed by atoms with E-state index in [0.29, 0.717) is 5.75 Å². The van der Waals surface area contributed by atoms with E-state index in [1.807, 2.05) is 36.4 Å². The first-order valence-electron chi connectivity index (χ1n) is 8.63. The molecule has 0 unspecified atom stereocenters. The summed E-state index contributed by atoms with van der Waals surface area (Å²) in [6, 6.07) is 13.1. The number of phenolic OH excluding ortho intramolecular Hbond substituents is 1. The third-order valence-corrected chi connectivity index (χ3v) is 4.82. The topological polar surface area (TPSA) is 54.2 Å². The molecule has 1 heterocycles. The Balaban J connectivity index is 1.67. The summed E-state index contributed by atoms with van der Waals surface area (Å²) in [6.07, 6.45) is 0. The number of ketones is 1. The van der Waals surface area contributed by atoms with E-state index in [4.69, 9.17) is 4.74 Å². The van der Waals surface area contributed by atoms with Gasteiger partial charge in [-0.2, -0.15) is 0 Å². The smallest absolute Gasteiger partial charge is 0.159 e. The first-order valence-corrected chi connectivity index (χ1v) is 8.63. The van der Waals surface area contributed by atoms with E-state index in [0.717, 1.165) is 55.3 Å². The molecule has 1 aliphatic heterocycles. The lowest BCUT2D eigenvalue weighted by atomic mass is 10.1. The number of para-hydroxylation sites is 2. The Morgan fingerprint density at radius 2 is 1.92 bits per heavy atom. The molecular weight excluding hydrogens is 316 g/mol. The van der Waals surface area contributed by atoms with Gasteiger partial charge in [-0.15, -0.1) is 0 Å². The highest BCUT2D eigenvalue weighted by atomic mass is 16.5. The SMILES string of the molecule is COc1ccc(C(C)=O)cc1C[NH+]1CCN(c2ccccc2O)CC1. The standard InChI is InChI=1S/C20H24N2O3/c1-15(23)16-7-8-20(25-2)17(13-16)14-21-9-11-22(12-10-21)18-5-3-4-6-19(18)24/h3-8,13,24H,9-12,14H2,1-2H3/p+1. The maximum Gasteiger partial charge on any atom is 0.159 e. The fraction of sp³-hybridized carbons (Fsp3) is 0.350. The van der Waals surface area contributed by atoms with Crippen LogP contribution in [0.1, 0.15) is 22.8 Å². The van der Waals surface area contributed by atoms with E-state index >= 15 is 0 Å². The summed E-state index contributed by atoms with van der Waals surface area (Å²) in [5.41, 5.74) is 2.70. The number of anilines is 1. The number of hydrogen-bond acceptors (Lipinski definition) is 4. The zero-order valence-electron chi connectivity index (χ0n) is 14.8. The van der Waals surface area contributed by atoms with Gasteiger partial charge in [0.2, 0.25) is 0 Å². The second kappa shape index (κ2) is 7.57. The summed E-state index contributed by atoms with van der Waals surface area (Å²) in [5, 5.41) is 10.0. The average molecular weight is 341 g/mol. The minimum atomic E-state index is 0.0725. The lowest BCUT2D eigenvalue weighted by Crippen LogP contribution is -3.13. The molecule has 0 aromatic heterocycles. The van der Waals surface area contributed by atoms with Crippen LogP contribution in [0, 0.1) is 0 Å². The highest BCUT2D eigenvalue weighted by Crippen LogP contribution is 2.26. The van der Waals surface area contributed by atoms with Gasteiger partial charge in [0.15, 0.2) is 5.78 Å². The molecule has 25 heavy (non-hydrogen) atoms. The van der Waals surface area contributed by atoms with Crippen LogP contribution in [0.3, 0.4) is 0 Å². The number of nitrogens with one attached hydrogen (secondary N) is 1. The second-order valence-corrected chi connectivity index (χ2v) is 6.49. The van der Waals surface area contributed by atoms with Crippen molar-refractivity contribution in [3.05, 3.63) is 53.6 Å². The molecule has 0 saturated carbocycles. The molecular formula is C20H25N2O3+. The van der Waals surface area contributed by atoms with Gasteiger partial charge in [0, 0.05) is 11.1 Å². The van der Waals surface area contributed by atoms with Gasteiger partial charge in [0.25, 0.3) is 0 Å². The van der Waals surface area contributed by atoms with Gasteiger partial charge in [-0.1, -0.05) is 12.1 Å². The Morgan fingerprint density at radius 3 is 2.56 bits per heavy atom. The van der Waals surface area contributed by atoms with E-state index in [9.17, 15) is 9.90 Å². The summed E-state index contributed by atoms with van der Waals surface area (Å²) in [4.78, 5) is 15.3. The first kappa shape index (κ1) is 17.3. The molecule has 0 atom stereocenters. The Kier molecular flexibility index (Phi) is 5.24. The van der Waals surface area contributed by atoms with Gasteiger partial charge in [0.05, 0.1) is 39.0 Å². The highest BCUT2D eigenvalue weighted by molar-refractivity contribution is 5.94. The van der Waals surface area contributed by atoms with Gasteiger partial charge >= 0.3 is 0 Å². The van der Waals surface area contributed by atoms with Crippen LogP contribution in [0.25, 0.3) is 0 Å². The van der Waals surface area contributed by atoms with Crippen LogP contribution in [0.2, 0.25) is 0 Å². The summed E-state index contributed by atoms with van der Waals surface area (Å²) < 4.78 is 5.46. The number of carbonyl (C=O) groups excluding carboxylic acids is 1. The maximum atomic E-state index is 11.6. The summed E-state index contributed by atoms with van der Waals surface area (Å²) >= 11 is 0. The van der Waals surface area contributed by atoms with Crippen molar-refractivity contribution >= 4 is 11.5 Å². The Hall–Kier alpha value is -2.53. The number of Topliss-reactive ketones (excluding diaryl/α,β-unsaturated/α-hetero) is 1. The quantitative estimate of drug-likeness (QED) is 0.810. The van der Waals surface area contributed by atoms with Crippen molar-refractivity contribution in [1.82, 2.24) is 0 Å². The van der Waals surface area contributed by atoms with Crippen molar-refractivity contribution in [3.63, 3.8) is 0 Å². The predicted octanol–water partition coefficient (Wildman–Crippen LogP) is 1.51. The van der Waals surface area contributed by atoms with Crippen LogP contribution < -0.4 is 14.5 Å². The minimum Gasteiger partial charge on any atom is -0.506 e. The lowest BCUT2D eigenvalue weighted by molar-refractivity contribution is -0.914. The number of nitrogens with zero attached hydrogens (tertiary/aromatic N) is 1. The number of piperazine rings is 1. The molecule has 1 aliphatic rings. The largest absolute Gasteiger partial charge is 0.506 e. The molecule has 132 valence electrons. The Morgan fingerprint density at radius 1 is 1.20 bits per heavy atom. The van der Waals surface area contributed by atoms with Crippen LogP contribution in [0.15, 0.2) is 42.5 Å². The van der Waals surface area contributed by atoms with Gasteiger partial charge in [0.1, 0.15) is 18.0 Å². The Bertz CT molecular complexity index is 752. The van der Waals surface area contributed by atoms with Crippen LogP contribution in [-0.4, -0.2) is 44.2 Å². The summed E-state index contributed by atoms with van der Waals surface area (Å²) in [7, 11) is 1.66. The van der Waals surface area contributed by atoms with E-state index in [2.05, 4.69) is 4.90 Å². The number of aromatic hydroxyl groups is 1. The summed E-state index contributed by atoms with van der Waals surface area (Å²) in [5.74, 6) is 1.24. The fourth-order valence-corrected chi connectivity index (χ4v) is 3.38. The molecule has 3 rings (SSSR count).